The van der Waals surface area contributed by atoms with E-state index in [4.69, 9.17) is 5.73 Å². The molecule has 21 heavy (non-hydrogen) atoms. The van der Waals surface area contributed by atoms with Gasteiger partial charge in [0.05, 0.1) is 0 Å². The number of halogens is 1. The zero-order chi connectivity index (χ0) is 13.9. The summed E-state index contributed by atoms with van der Waals surface area (Å²) in [5.41, 5.74) is 6.53. The van der Waals surface area contributed by atoms with Crippen LogP contribution < -0.4 is 11.1 Å². The minimum atomic E-state index is 0. The molecular formula is C17H21ClN2O. The van der Waals surface area contributed by atoms with Crippen molar-refractivity contribution in [3.63, 3.8) is 0 Å². The number of amides is 1. The number of hydrogen-bond donors (Lipinski definition) is 2. The first-order valence-electron chi connectivity index (χ1n) is 7.28. The standard InChI is InChI=1S/C17H20N2O.ClH/c18-11-13-7-4-10-16(13)19-17(20)15-9-3-6-12-5-1-2-8-14(12)15;/h1-3,5-6,8-9,13,16H,4,7,10-11,18H2,(H,19,20);1H. The summed E-state index contributed by atoms with van der Waals surface area (Å²) < 4.78 is 0. The molecule has 2 unspecified atom stereocenters. The molecule has 4 heteroatoms. The second-order valence-electron chi connectivity index (χ2n) is 5.53. The van der Waals surface area contributed by atoms with E-state index in [-0.39, 0.29) is 24.4 Å². The molecule has 1 aliphatic carbocycles. The number of nitrogens with one attached hydrogen (secondary N) is 1. The van der Waals surface area contributed by atoms with Crippen molar-refractivity contribution in [3.8, 4) is 0 Å². The Morgan fingerprint density at radius 2 is 1.90 bits per heavy atom. The van der Waals surface area contributed by atoms with E-state index in [1.165, 1.54) is 0 Å². The van der Waals surface area contributed by atoms with Crippen LogP contribution in [0.5, 0.6) is 0 Å². The Labute approximate surface area is 131 Å². The Balaban J connectivity index is 0.00000161. The molecule has 2 aromatic rings. The summed E-state index contributed by atoms with van der Waals surface area (Å²) in [5.74, 6) is 0.445. The fourth-order valence-corrected chi connectivity index (χ4v) is 3.18. The maximum atomic E-state index is 12.5. The van der Waals surface area contributed by atoms with Gasteiger partial charge in [-0.05, 0) is 42.1 Å². The van der Waals surface area contributed by atoms with Gasteiger partial charge in [-0.25, -0.2) is 0 Å². The third kappa shape index (κ3) is 3.20. The minimum absolute atomic E-state index is 0. The van der Waals surface area contributed by atoms with Crippen LogP contribution in [0.15, 0.2) is 42.5 Å². The molecule has 3 nitrogen and oxygen atoms in total. The number of fused-ring (bicyclic) bond motifs is 1. The van der Waals surface area contributed by atoms with Gasteiger partial charge in [-0.3, -0.25) is 4.79 Å². The average Bonchev–Trinajstić information content (AvgIpc) is 2.93. The quantitative estimate of drug-likeness (QED) is 0.915. The van der Waals surface area contributed by atoms with Crippen molar-refractivity contribution in [1.82, 2.24) is 5.32 Å². The van der Waals surface area contributed by atoms with Gasteiger partial charge in [0.1, 0.15) is 0 Å². The van der Waals surface area contributed by atoms with E-state index in [1.54, 1.807) is 0 Å². The predicted octanol–water partition coefficient (Wildman–Crippen LogP) is 3.12. The van der Waals surface area contributed by atoms with Crippen LogP contribution in [-0.4, -0.2) is 18.5 Å². The lowest BCUT2D eigenvalue weighted by Crippen LogP contribution is -2.39. The highest BCUT2D eigenvalue weighted by Gasteiger charge is 2.27. The Bertz CT molecular complexity index is 624. The van der Waals surface area contributed by atoms with Crippen LogP contribution in [0.25, 0.3) is 10.8 Å². The fourth-order valence-electron chi connectivity index (χ4n) is 3.18. The first kappa shape index (κ1) is 15.8. The maximum absolute atomic E-state index is 12.5. The highest BCUT2D eigenvalue weighted by molar-refractivity contribution is 6.07. The molecule has 1 amide bonds. The minimum Gasteiger partial charge on any atom is -0.349 e. The molecule has 112 valence electrons. The zero-order valence-electron chi connectivity index (χ0n) is 11.9. The van der Waals surface area contributed by atoms with Gasteiger partial charge < -0.3 is 11.1 Å². The largest absolute Gasteiger partial charge is 0.349 e. The fraction of sp³-hybridized carbons (Fsp3) is 0.353. The summed E-state index contributed by atoms with van der Waals surface area (Å²) in [6, 6.07) is 14.1. The van der Waals surface area contributed by atoms with Crippen LogP contribution in [0.3, 0.4) is 0 Å². The predicted molar refractivity (Wildman–Crippen MR) is 88.8 cm³/mol. The van der Waals surface area contributed by atoms with Crippen molar-refractivity contribution < 1.29 is 4.79 Å². The highest BCUT2D eigenvalue weighted by Crippen LogP contribution is 2.25. The van der Waals surface area contributed by atoms with Crippen molar-refractivity contribution >= 4 is 29.1 Å². The molecule has 1 fully saturated rings. The van der Waals surface area contributed by atoms with Gasteiger partial charge in [0.2, 0.25) is 0 Å². The summed E-state index contributed by atoms with van der Waals surface area (Å²) in [6.45, 7) is 0.653. The topological polar surface area (TPSA) is 55.1 Å². The highest BCUT2D eigenvalue weighted by atomic mass is 35.5. The first-order valence-corrected chi connectivity index (χ1v) is 7.28. The van der Waals surface area contributed by atoms with Gasteiger partial charge >= 0.3 is 0 Å². The molecule has 3 rings (SSSR count). The van der Waals surface area contributed by atoms with Gasteiger partial charge in [0, 0.05) is 11.6 Å². The van der Waals surface area contributed by atoms with Crippen LogP contribution in [0, 0.1) is 5.92 Å². The zero-order valence-corrected chi connectivity index (χ0v) is 12.7. The monoisotopic (exact) mass is 304 g/mol. The van der Waals surface area contributed by atoms with Crippen molar-refractivity contribution in [2.24, 2.45) is 11.7 Å². The van der Waals surface area contributed by atoms with E-state index in [1.807, 2.05) is 42.5 Å². The Morgan fingerprint density at radius 3 is 2.71 bits per heavy atom. The molecule has 2 atom stereocenters. The van der Waals surface area contributed by atoms with Crippen molar-refractivity contribution in [3.05, 3.63) is 48.0 Å². The third-order valence-corrected chi connectivity index (χ3v) is 4.31. The van der Waals surface area contributed by atoms with Crippen molar-refractivity contribution in [2.75, 3.05) is 6.54 Å². The van der Waals surface area contributed by atoms with Crippen LogP contribution in [0.4, 0.5) is 0 Å². The maximum Gasteiger partial charge on any atom is 0.252 e. The molecule has 0 aromatic heterocycles. The third-order valence-electron chi connectivity index (χ3n) is 4.31. The second kappa shape index (κ2) is 6.92. The molecule has 0 spiro atoms. The van der Waals surface area contributed by atoms with E-state index in [0.29, 0.717) is 12.5 Å². The van der Waals surface area contributed by atoms with Gasteiger partial charge in [-0.1, -0.05) is 42.8 Å². The smallest absolute Gasteiger partial charge is 0.252 e. The molecular weight excluding hydrogens is 284 g/mol. The second-order valence-corrected chi connectivity index (χ2v) is 5.53. The Hall–Kier alpha value is -1.58. The van der Waals surface area contributed by atoms with Gasteiger partial charge in [-0.2, -0.15) is 0 Å². The molecule has 1 saturated carbocycles. The van der Waals surface area contributed by atoms with Crippen LogP contribution in [0.2, 0.25) is 0 Å². The molecule has 2 aromatic carbocycles. The van der Waals surface area contributed by atoms with Gasteiger partial charge in [0.15, 0.2) is 0 Å². The summed E-state index contributed by atoms with van der Waals surface area (Å²) in [7, 11) is 0. The average molecular weight is 305 g/mol. The van der Waals surface area contributed by atoms with E-state index < -0.39 is 0 Å². The normalized spacial score (nSPS) is 21.0. The number of carbonyl (C=O) groups is 1. The van der Waals surface area contributed by atoms with Crippen LogP contribution in [-0.2, 0) is 0 Å². The molecule has 1 aliphatic rings. The molecule has 0 bridgehead atoms. The summed E-state index contributed by atoms with van der Waals surface area (Å²) in [4.78, 5) is 12.5. The molecule has 0 radical (unpaired) electrons. The first-order chi connectivity index (χ1) is 9.79. The lowest BCUT2D eigenvalue weighted by molar-refractivity contribution is 0.0930. The molecule has 0 saturated heterocycles. The summed E-state index contributed by atoms with van der Waals surface area (Å²) in [6.07, 6.45) is 3.32. The van der Waals surface area contributed by atoms with E-state index in [9.17, 15) is 4.79 Å². The van der Waals surface area contributed by atoms with Gasteiger partial charge in [0.25, 0.3) is 5.91 Å². The molecule has 0 heterocycles. The lowest BCUT2D eigenvalue weighted by atomic mass is 10.0. The van der Waals surface area contributed by atoms with Crippen LogP contribution in [0.1, 0.15) is 29.6 Å². The number of hydrogen-bond acceptors (Lipinski definition) is 2. The summed E-state index contributed by atoms with van der Waals surface area (Å²) in [5, 5.41) is 5.28. The van der Waals surface area contributed by atoms with Gasteiger partial charge in [-0.15, -0.1) is 12.4 Å². The molecule has 0 aliphatic heterocycles. The SMILES string of the molecule is Cl.NCC1CCCC1NC(=O)c1cccc2ccccc12. The van der Waals surface area contributed by atoms with E-state index in [0.717, 1.165) is 35.6 Å². The Morgan fingerprint density at radius 1 is 1.14 bits per heavy atom. The number of nitrogens with two attached hydrogens (primary N) is 1. The van der Waals surface area contributed by atoms with Crippen molar-refractivity contribution in [1.29, 1.82) is 0 Å². The summed E-state index contributed by atoms with van der Waals surface area (Å²) >= 11 is 0. The van der Waals surface area contributed by atoms with Crippen molar-refractivity contribution in [2.45, 2.75) is 25.3 Å². The van der Waals surface area contributed by atoms with Crippen LogP contribution >= 0.6 is 12.4 Å². The van der Waals surface area contributed by atoms with E-state index >= 15 is 0 Å². The Kier molecular flexibility index (Phi) is 5.21. The molecule has 3 N–H and O–H groups in total. The lowest BCUT2D eigenvalue weighted by Gasteiger charge is -2.20. The number of benzene rings is 2. The number of rotatable bonds is 3. The van der Waals surface area contributed by atoms with E-state index in [2.05, 4.69) is 5.32 Å². The number of carbonyl (C=O) groups excluding carboxylic acids is 1.